The van der Waals surface area contributed by atoms with Crippen LogP contribution < -0.4 is 0 Å². The number of thiazole rings is 1. The van der Waals surface area contributed by atoms with E-state index >= 15 is 0 Å². The van der Waals surface area contributed by atoms with Crippen molar-refractivity contribution in [3.05, 3.63) is 50.5 Å². The molecule has 1 aromatic heterocycles. The number of benzene rings is 1. The van der Waals surface area contributed by atoms with Crippen LogP contribution >= 0.6 is 11.3 Å². The van der Waals surface area contributed by atoms with Gasteiger partial charge in [0.1, 0.15) is 5.69 Å². The fraction of sp³-hybridized carbons (Fsp3) is 0.444. The first-order chi connectivity index (χ1) is 9.68. The second-order valence-corrected chi connectivity index (χ2v) is 7.64. The van der Waals surface area contributed by atoms with Crippen LogP contribution in [0.3, 0.4) is 0 Å². The maximum absolute atomic E-state index is 11.3. The fourth-order valence-electron chi connectivity index (χ4n) is 2.41. The Morgan fingerprint density at radius 1 is 1.19 bits per heavy atom. The second-order valence-electron chi connectivity index (χ2n) is 6.70. The predicted octanol–water partition coefficient (Wildman–Crippen LogP) is 4.85. The Hall–Kier alpha value is -1.48. The van der Waals surface area contributed by atoms with E-state index < -0.39 is 0 Å². The number of aromatic nitrogens is 1. The number of rotatable bonds is 3. The van der Waals surface area contributed by atoms with Crippen LogP contribution in [0.15, 0.2) is 17.5 Å². The second kappa shape index (κ2) is 5.72. The molecule has 0 fully saturated rings. The molecule has 2 rings (SSSR count). The number of hydrogen-bond donors (Lipinski definition) is 0. The standard InChI is InChI=1S/C18H23NOS/c1-11-7-14(18(4,5)6)8-12(2)15(11)9-17-19-16(10-21-17)13(3)20/h7-8,10H,9H2,1-6H3. The van der Waals surface area contributed by atoms with Crippen LogP contribution in [-0.2, 0) is 11.8 Å². The molecule has 0 aliphatic heterocycles. The molecule has 3 heteroatoms. The molecular weight excluding hydrogens is 278 g/mol. The lowest BCUT2D eigenvalue weighted by atomic mass is 9.83. The number of nitrogens with zero attached hydrogens (tertiary/aromatic N) is 1. The van der Waals surface area contributed by atoms with Crippen molar-refractivity contribution in [2.24, 2.45) is 0 Å². The molecule has 0 saturated heterocycles. The van der Waals surface area contributed by atoms with E-state index in [1.807, 2.05) is 5.38 Å². The van der Waals surface area contributed by atoms with Crippen LogP contribution in [-0.4, -0.2) is 10.8 Å². The van der Waals surface area contributed by atoms with Crippen molar-refractivity contribution in [3.63, 3.8) is 0 Å². The van der Waals surface area contributed by atoms with Gasteiger partial charge < -0.3 is 0 Å². The maximum atomic E-state index is 11.3. The summed E-state index contributed by atoms with van der Waals surface area (Å²) in [4.78, 5) is 15.8. The Morgan fingerprint density at radius 3 is 2.19 bits per heavy atom. The molecule has 2 nitrogen and oxygen atoms in total. The molecule has 0 aliphatic rings. The normalized spacial score (nSPS) is 11.7. The van der Waals surface area contributed by atoms with Gasteiger partial charge in [-0.25, -0.2) is 4.98 Å². The highest BCUT2D eigenvalue weighted by Gasteiger charge is 2.17. The zero-order chi connectivity index (χ0) is 15.8. The fourth-order valence-corrected chi connectivity index (χ4v) is 3.26. The van der Waals surface area contributed by atoms with Crippen molar-refractivity contribution in [2.45, 2.75) is 53.4 Å². The average Bonchev–Trinajstić information content (AvgIpc) is 2.81. The van der Waals surface area contributed by atoms with Gasteiger partial charge in [-0.15, -0.1) is 11.3 Å². The maximum Gasteiger partial charge on any atom is 0.178 e. The molecule has 0 radical (unpaired) electrons. The molecule has 0 atom stereocenters. The Morgan fingerprint density at radius 2 is 1.76 bits per heavy atom. The van der Waals surface area contributed by atoms with Crippen LogP contribution in [0.5, 0.6) is 0 Å². The van der Waals surface area contributed by atoms with E-state index in [1.54, 1.807) is 18.3 Å². The van der Waals surface area contributed by atoms with Crippen LogP contribution in [0.4, 0.5) is 0 Å². The third-order valence-electron chi connectivity index (χ3n) is 3.80. The Balaban J connectivity index is 2.34. The molecule has 0 amide bonds. The number of aryl methyl sites for hydroxylation is 2. The van der Waals surface area contributed by atoms with Crippen molar-refractivity contribution in [3.8, 4) is 0 Å². The quantitative estimate of drug-likeness (QED) is 0.758. The highest BCUT2D eigenvalue weighted by Crippen LogP contribution is 2.28. The minimum Gasteiger partial charge on any atom is -0.293 e. The zero-order valence-corrected chi connectivity index (χ0v) is 14.5. The largest absolute Gasteiger partial charge is 0.293 e. The summed E-state index contributed by atoms with van der Waals surface area (Å²) >= 11 is 1.57. The Kier molecular flexibility index (Phi) is 4.33. The molecule has 1 aromatic carbocycles. The molecule has 0 unspecified atom stereocenters. The summed E-state index contributed by atoms with van der Waals surface area (Å²) in [7, 11) is 0. The van der Waals surface area contributed by atoms with Gasteiger partial charge in [-0.1, -0.05) is 32.9 Å². The molecule has 0 aliphatic carbocycles. The molecular formula is C18H23NOS. The van der Waals surface area contributed by atoms with Crippen molar-refractivity contribution in [1.29, 1.82) is 0 Å². The lowest BCUT2D eigenvalue weighted by Crippen LogP contribution is -2.12. The minimum absolute atomic E-state index is 0.0361. The summed E-state index contributed by atoms with van der Waals surface area (Å²) in [6.45, 7) is 12.6. The molecule has 0 spiro atoms. The highest BCUT2D eigenvalue weighted by molar-refractivity contribution is 7.09. The van der Waals surface area contributed by atoms with Crippen molar-refractivity contribution in [2.75, 3.05) is 0 Å². The number of carbonyl (C=O) groups excluding carboxylic acids is 1. The van der Waals surface area contributed by atoms with Crippen LogP contribution in [0.25, 0.3) is 0 Å². The topological polar surface area (TPSA) is 30.0 Å². The number of hydrogen-bond acceptors (Lipinski definition) is 3. The molecule has 0 bridgehead atoms. The smallest absolute Gasteiger partial charge is 0.178 e. The van der Waals surface area contributed by atoms with Gasteiger partial charge in [-0.05, 0) is 41.5 Å². The van der Waals surface area contributed by atoms with E-state index in [-0.39, 0.29) is 11.2 Å². The first-order valence-electron chi connectivity index (χ1n) is 7.24. The van der Waals surface area contributed by atoms with Gasteiger partial charge in [0.05, 0.1) is 5.01 Å². The molecule has 112 valence electrons. The van der Waals surface area contributed by atoms with Crippen molar-refractivity contribution < 1.29 is 4.79 Å². The van der Waals surface area contributed by atoms with Crippen LogP contribution in [0.2, 0.25) is 0 Å². The molecule has 0 saturated carbocycles. The van der Waals surface area contributed by atoms with Gasteiger partial charge in [-0.2, -0.15) is 0 Å². The van der Waals surface area contributed by atoms with Gasteiger partial charge >= 0.3 is 0 Å². The van der Waals surface area contributed by atoms with Gasteiger partial charge in [0.15, 0.2) is 5.78 Å². The van der Waals surface area contributed by atoms with E-state index in [2.05, 4.69) is 51.7 Å². The highest BCUT2D eigenvalue weighted by atomic mass is 32.1. The molecule has 0 N–H and O–H groups in total. The summed E-state index contributed by atoms with van der Waals surface area (Å²) in [6.07, 6.45) is 0.806. The third kappa shape index (κ3) is 3.59. The third-order valence-corrected chi connectivity index (χ3v) is 4.65. The monoisotopic (exact) mass is 301 g/mol. The molecule has 2 aromatic rings. The van der Waals surface area contributed by atoms with E-state index in [1.165, 1.54) is 22.3 Å². The Bertz CT molecular complexity index is 654. The molecule has 21 heavy (non-hydrogen) atoms. The number of Topliss-reactive ketones (excluding diaryl/α,β-unsaturated/α-hetero) is 1. The lowest BCUT2D eigenvalue weighted by molar-refractivity contribution is 0.101. The SMILES string of the molecule is CC(=O)c1csc(Cc2c(C)cc(C(C)(C)C)cc2C)n1. The van der Waals surface area contributed by atoms with Gasteiger partial charge in [0.2, 0.25) is 0 Å². The summed E-state index contributed by atoms with van der Waals surface area (Å²) in [5, 5.41) is 2.86. The lowest BCUT2D eigenvalue weighted by Gasteiger charge is -2.22. The van der Waals surface area contributed by atoms with E-state index in [0.29, 0.717) is 5.69 Å². The van der Waals surface area contributed by atoms with Crippen LogP contribution in [0, 0.1) is 13.8 Å². The first kappa shape index (κ1) is 15.9. The predicted molar refractivity (Wildman–Crippen MR) is 89.5 cm³/mol. The summed E-state index contributed by atoms with van der Waals surface area (Å²) in [5.41, 5.74) is 6.05. The summed E-state index contributed by atoms with van der Waals surface area (Å²) in [6, 6.07) is 4.56. The van der Waals surface area contributed by atoms with E-state index in [4.69, 9.17) is 0 Å². The average molecular weight is 301 g/mol. The van der Waals surface area contributed by atoms with Gasteiger partial charge in [-0.3, -0.25) is 4.79 Å². The minimum atomic E-state index is 0.0361. The van der Waals surface area contributed by atoms with Crippen molar-refractivity contribution >= 4 is 17.1 Å². The Labute approximate surface area is 131 Å². The summed E-state index contributed by atoms with van der Waals surface area (Å²) in [5.74, 6) is 0.0361. The summed E-state index contributed by atoms with van der Waals surface area (Å²) < 4.78 is 0. The van der Waals surface area contributed by atoms with Crippen molar-refractivity contribution in [1.82, 2.24) is 4.98 Å². The molecule has 1 heterocycles. The zero-order valence-electron chi connectivity index (χ0n) is 13.7. The van der Waals surface area contributed by atoms with Crippen LogP contribution in [0.1, 0.15) is 65.4 Å². The number of ketones is 1. The van der Waals surface area contributed by atoms with E-state index in [9.17, 15) is 4.79 Å². The van der Waals surface area contributed by atoms with Gasteiger partial charge in [0.25, 0.3) is 0 Å². The van der Waals surface area contributed by atoms with E-state index in [0.717, 1.165) is 11.4 Å². The number of carbonyl (C=O) groups is 1. The van der Waals surface area contributed by atoms with Gasteiger partial charge in [0, 0.05) is 18.7 Å². The first-order valence-corrected chi connectivity index (χ1v) is 8.12.